The zero-order valence-electron chi connectivity index (χ0n) is 14.8. The van der Waals surface area contributed by atoms with Crippen LogP contribution in [-0.4, -0.2) is 28.7 Å². The number of nitrogens with one attached hydrogen (secondary N) is 1. The molecule has 0 saturated carbocycles. The Hall–Kier alpha value is -1.71. The highest BCUT2D eigenvalue weighted by Gasteiger charge is 2.33. The van der Waals surface area contributed by atoms with Gasteiger partial charge < -0.3 is 10.1 Å². The van der Waals surface area contributed by atoms with Crippen LogP contribution in [0.5, 0.6) is 0 Å². The monoisotopic (exact) mass is 471 g/mol. The third-order valence-electron chi connectivity index (χ3n) is 3.99. The average Bonchev–Trinajstić information content (AvgIpc) is 3.18. The van der Waals surface area contributed by atoms with Crippen molar-refractivity contribution in [3.05, 3.63) is 63.0 Å². The Morgan fingerprint density at radius 3 is 2.85 bits per heavy atom. The van der Waals surface area contributed by atoms with E-state index in [4.69, 9.17) is 4.74 Å². The van der Waals surface area contributed by atoms with E-state index in [2.05, 4.69) is 31.2 Å². The molecule has 1 aliphatic rings. The highest BCUT2D eigenvalue weighted by atomic mass is 79.9. The number of rotatable bonds is 5. The molecule has 0 radical (unpaired) electrons. The van der Waals surface area contributed by atoms with E-state index >= 15 is 0 Å². The number of esters is 1. The first kappa shape index (κ1) is 21.6. The molecule has 9 heteroatoms. The van der Waals surface area contributed by atoms with E-state index in [0.29, 0.717) is 38.6 Å². The number of thiazole rings is 1. The summed E-state index contributed by atoms with van der Waals surface area (Å²) >= 11 is 4.85. The lowest BCUT2D eigenvalue weighted by Crippen LogP contribution is -2.34. The summed E-state index contributed by atoms with van der Waals surface area (Å²) in [6, 6.07) is 4.12. The van der Waals surface area contributed by atoms with Gasteiger partial charge in [0.15, 0.2) is 10.8 Å². The number of hydrogen-bond donors (Lipinski definition) is 1. The zero-order valence-corrected chi connectivity index (χ0v) is 18.2. The van der Waals surface area contributed by atoms with Crippen LogP contribution >= 0.6 is 40.8 Å². The standard InChI is InChI=1S/C18H17BrFN3O2S.H2S/c1-3-25-18(24)14-13(9-19)22-16(17-21-7-8-26-17)23-15(14)11-5-4-6-12(20)10(11)2;/h4-8,15H,3,9H2,1-2H3,(H,22,23);1H2/t15-;/m0./s1. The molecule has 1 aromatic heterocycles. The molecular formula is C18H19BrFN3O2S2. The van der Waals surface area contributed by atoms with Crippen LogP contribution in [0.2, 0.25) is 0 Å². The van der Waals surface area contributed by atoms with Crippen LogP contribution in [0, 0.1) is 12.7 Å². The number of benzene rings is 1. The molecule has 0 saturated heterocycles. The van der Waals surface area contributed by atoms with Crippen molar-refractivity contribution in [2.45, 2.75) is 19.9 Å². The van der Waals surface area contributed by atoms with E-state index in [-0.39, 0.29) is 25.9 Å². The minimum Gasteiger partial charge on any atom is -0.463 e. The van der Waals surface area contributed by atoms with Gasteiger partial charge in [-0.3, -0.25) is 4.99 Å². The Balaban J connectivity index is 0.00000261. The van der Waals surface area contributed by atoms with Gasteiger partial charge in [0.1, 0.15) is 11.9 Å². The van der Waals surface area contributed by atoms with Gasteiger partial charge >= 0.3 is 5.97 Å². The highest BCUT2D eigenvalue weighted by Crippen LogP contribution is 2.35. The van der Waals surface area contributed by atoms with Gasteiger partial charge in [-0.15, -0.1) is 11.3 Å². The number of carbonyl (C=O) groups excluding carboxylic acids is 1. The molecule has 3 rings (SSSR count). The molecule has 1 atom stereocenters. The van der Waals surface area contributed by atoms with Crippen molar-refractivity contribution < 1.29 is 13.9 Å². The fourth-order valence-corrected chi connectivity index (χ4v) is 3.77. The predicted octanol–water partition coefficient (Wildman–Crippen LogP) is 4.01. The van der Waals surface area contributed by atoms with Crippen molar-refractivity contribution >= 4 is 52.6 Å². The Kier molecular flexibility index (Phi) is 7.58. The lowest BCUT2D eigenvalue weighted by molar-refractivity contribution is -0.138. The molecule has 2 heterocycles. The second kappa shape index (κ2) is 9.48. The quantitative estimate of drug-likeness (QED) is 0.528. The van der Waals surface area contributed by atoms with Crippen molar-refractivity contribution in [3.8, 4) is 0 Å². The van der Waals surface area contributed by atoms with Crippen molar-refractivity contribution in [3.63, 3.8) is 0 Å². The van der Waals surface area contributed by atoms with Crippen LogP contribution in [0.4, 0.5) is 4.39 Å². The number of halogens is 2. The van der Waals surface area contributed by atoms with Gasteiger partial charge in [0.2, 0.25) is 0 Å². The second-order valence-corrected chi connectivity index (χ2v) is 7.00. The number of aliphatic imine (C=N–C) groups is 1. The van der Waals surface area contributed by atoms with Crippen molar-refractivity contribution in [2.75, 3.05) is 11.9 Å². The Labute approximate surface area is 176 Å². The van der Waals surface area contributed by atoms with Gasteiger partial charge in [0.05, 0.1) is 12.2 Å². The number of alkyl halides is 1. The number of nitrogens with zero attached hydrogens (tertiary/aromatic N) is 2. The summed E-state index contributed by atoms with van der Waals surface area (Å²) in [6.45, 7) is 3.67. The first-order valence-corrected chi connectivity index (χ1v) is 10.0. The molecule has 5 nitrogen and oxygen atoms in total. The minimum absolute atomic E-state index is 0. The largest absolute Gasteiger partial charge is 0.463 e. The number of ether oxygens (including phenoxy) is 1. The lowest BCUT2D eigenvalue weighted by atomic mass is 9.92. The molecule has 1 aliphatic heterocycles. The van der Waals surface area contributed by atoms with Crippen molar-refractivity contribution in [1.29, 1.82) is 0 Å². The fraction of sp³-hybridized carbons (Fsp3) is 0.278. The van der Waals surface area contributed by atoms with Crippen molar-refractivity contribution in [2.24, 2.45) is 4.99 Å². The van der Waals surface area contributed by atoms with E-state index < -0.39 is 12.0 Å². The molecule has 0 unspecified atom stereocenters. The third kappa shape index (κ3) is 4.41. The molecule has 0 aliphatic carbocycles. The normalized spacial score (nSPS) is 16.3. The topological polar surface area (TPSA) is 63.6 Å². The summed E-state index contributed by atoms with van der Waals surface area (Å²) in [5.41, 5.74) is 2.09. The molecule has 0 amide bonds. The summed E-state index contributed by atoms with van der Waals surface area (Å²) in [5, 5.41) is 6.11. The summed E-state index contributed by atoms with van der Waals surface area (Å²) in [6.07, 6.45) is 1.69. The number of amidine groups is 1. The van der Waals surface area contributed by atoms with E-state index in [0.717, 1.165) is 0 Å². The van der Waals surface area contributed by atoms with Crippen LogP contribution in [0.15, 0.2) is 46.0 Å². The van der Waals surface area contributed by atoms with Crippen LogP contribution in [-0.2, 0) is 9.53 Å². The van der Waals surface area contributed by atoms with Crippen LogP contribution in [0.1, 0.15) is 29.1 Å². The summed E-state index contributed by atoms with van der Waals surface area (Å²) in [4.78, 5) is 21.6. The average molecular weight is 472 g/mol. The molecular weight excluding hydrogens is 453 g/mol. The molecule has 27 heavy (non-hydrogen) atoms. The number of hydrogen-bond acceptors (Lipinski definition) is 6. The molecule has 0 spiro atoms. The third-order valence-corrected chi connectivity index (χ3v) is 5.33. The van der Waals surface area contributed by atoms with Gasteiger partial charge in [-0.2, -0.15) is 13.5 Å². The molecule has 0 bridgehead atoms. The number of carbonyl (C=O) groups is 1. The smallest absolute Gasteiger partial charge is 0.338 e. The molecule has 1 N–H and O–H groups in total. The summed E-state index contributed by atoms with van der Waals surface area (Å²) in [5.74, 6) is -0.253. The fourth-order valence-electron chi connectivity index (χ4n) is 2.74. The number of aromatic nitrogens is 1. The predicted molar refractivity (Wildman–Crippen MR) is 113 cm³/mol. The van der Waals surface area contributed by atoms with Gasteiger partial charge in [-0.1, -0.05) is 28.1 Å². The van der Waals surface area contributed by atoms with Gasteiger partial charge in [-0.05, 0) is 31.0 Å². The van der Waals surface area contributed by atoms with E-state index in [1.165, 1.54) is 17.4 Å². The Bertz CT molecular complexity index is 885. The van der Waals surface area contributed by atoms with E-state index in [1.807, 2.05) is 5.38 Å². The van der Waals surface area contributed by atoms with E-state index in [9.17, 15) is 9.18 Å². The van der Waals surface area contributed by atoms with Crippen LogP contribution in [0.25, 0.3) is 0 Å². The van der Waals surface area contributed by atoms with Gasteiger partial charge in [-0.25, -0.2) is 14.2 Å². The Morgan fingerprint density at radius 2 is 2.22 bits per heavy atom. The Morgan fingerprint density at radius 1 is 1.44 bits per heavy atom. The highest BCUT2D eigenvalue weighted by molar-refractivity contribution is 9.09. The molecule has 144 valence electrons. The molecule has 2 aromatic rings. The SMILES string of the molecule is CCOC(=O)C1=C(CBr)NC(c2nccs2)=N[C@H]1c1cccc(F)c1C.S. The number of allylic oxidation sites excluding steroid dienone is 1. The van der Waals surface area contributed by atoms with Gasteiger partial charge in [0.25, 0.3) is 0 Å². The van der Waals surface area contributed by atoms with E-state index in [1.54, 1.807) is 32.2 Å². The summed E-state index contributed by atoms with van der Waals surface area (Å²) in [7, 11) is 0. The lowest BCUT2D eigenvalue weighted by Gasteiger charge is -2.27. The minimum atomic E-state index is -0.669. The van der Waals surface area contributed by atoms with Crippen LogP contribution in [0.3, 0.4) is 0 Å². The first-order valence-electron chi connectivity index (χ1n) is 8.02. The van der Waals surface area contributed by atoms with Gasteiger partial charge in [0, 0.05) is 22.6 Å². The first-order chi connectivity index (χ1) is 12.6. The summed E-state index contributed by atoms with van der Waals surface area (Å²) < 4.78 is 19.4. The zero-order chi connectivity index (χ0) is 18.7. The molecule has 0 fully saturated rings. The maximum atomic E-state index is 14.1. The van der Waals surface area contributed by atoms with Crippen molar-refractivity contribution in [1.82, 2.24) is 10.3 Å². The second-order valence-electron chi connectivity index (χ2n) is 5.54. The molecule has 1 aromatic carbocycles. The maximum absolute atomic E-state index is 14.1. The maximum Gasteiger partial charge on any atom is 0.338 e. The van der Waals surface area contributed by atoms with Crippen LogP contribution < -0.4 is 5.32 Å².